The zero-order valence-corrected chi connectivity index (χ0v) is 19.0. The molecule has 0 aliphatic carbocycles. The Balaban J connectivity index is 0.00000364. The minimum atomic E-state index is 0. The van der Waals surface area contributed by atoms with E-state index in [-0.39, 0.29) is 24.0 Å². The van der Waals surface area contributed by atoms with Crippen molar-refractivity contribution in [2.75, 3.05) is 20.2 Å². The summed E-state index contributed by atoms with van der Waals surface area (Å²) in [5, 5.41) is 10.9. The fraction of sp³-hybridized carbons (Fsp3) is 0.500. The summed E-state index contributed by atoms with van der Waals surface area (Å²) in [5.74, 6) is 2.66. The van der Waals surface area contributed by atoms with Crippen LogP contribution in [0.15, 0.2) is 33.8 Å². The molecule has 0 aliphatic rings. The van der Waals surface area contributed by atoms with Crippen LogP contribution in [0.4, 0.5) is 0 Å². The van der Waals surface area contributed by atoms with Crippen LogP contribution in [0.1, 0.15) is 43.4 Å². The zero-order chi connectivity index (χ0) is 18.8. The van der Waals surface area contributed by atoms with Crippen molar-refractivity contribution in [1.82, 2.24) is 15.8 Å². The smallest absolute Gasteiger partial charge is 0.191 e. The van der Waals surface area contributed by atoms with Crippen molar-refractivity contribution in [1.29, 1.82) is 0 Å². The molecule has 0 saturated heterocycles. The first kappa shape index (κ1) is 23.3. The molecule has 27 heavy (non-hydrogen) atoms. The number of benzene rings is 1. The molecular weight excluding hydrogens is 455 g/mol. The lowest BCUT2D eigenvalue weighted by Gasteiger charge is -2.14. The molecule has 0 amide bonds. The molecule has 0 radical (unpaired) electrons. The largest absolute Gasteiger partial charge is 0.494 e. The van der Waals surface area contributed by atoms with Crippen LogP contribution in [0, 0.1) is 0 Å². The summed E-state index contributed by atoms with van der Waals surface area (Å²) >= 11 is 0. The molecule has 2 N–H and O–H groups in total. The molecule has 0 bridgehead atoms. The second-order valence-corrected chi connectivity index (χ2v) is 5.88. The van der Waals surface area contributed by atoms with Gasteiger partial charge < -0.3 is 19.9 Å². The third-order valence-electron chi connectivity index (χ3n) is 4.22. The first-order chi connectivity index (χ1) is 12.7. The Labute approximate surface area is 179 Å². The number of ether oxygens (including phenoxy) is 1. The Hall–Kier alpha value is -1.77. The standard InChI is InChI=1S/C20H30N4O2.HI/c1-5-17-16(18(6-2)26-24-17)14-23-20(21-4)22-13-12-15-10-8-9-11-19(15)25-7-3;/h8-11H,5-7,12-14H2,1-4H3,(H2,21,22,23);1H. The van der Waals surface area contributed by atoms with Crippen LogP contribution in [0.3, 0.4) is 0 Å². The lowest BCUT2D eigenvalue weighted by atomic mass is 10.1. The number of halogens is 1. The molecule has 6 nitrogen and oxygen atoms in total. The molecule has 1 aromatic carbocycles. The van der Waals surface area contributed by atoms with Crippen LogP contribution in [-0.2, 0) is 25.8 Å². The van der Waals surface area contributed by atoms with E-state index in [1.165, 1.54) is 5.56 Å². The number of nitrogens with one attached hydrogen (secondary N) is 2. The highest BCUT2D eigenvalue weighted by atomic mass is 127. The second kappa shape index (κ2) is 12.6. The Morgan fingerprint density at radius 2 is 1.93 bits per heavy atom. The van der Waals surface area contributed by atoms with Gasteiger partial charge in [0.15, 0.2) is 5.96 Å². The molecule has 0 saturated carbocycles. The molecule has 0 aliphatic heterocycles. The molecule has 2 aromatic rings. The highest BCUT2D eigenvalue weighted by molar-refractivity contribution is 14.0. The SMILES string of the molecule is CCOc1ccccc1CCNC(=NC)NCc1c(CC)noc1CC.I. The van der Waals surface area contributed by atoms with E-state index in [2.05, 4.69) is 40.7 Å². The van der Waals surface area contributed by atoms with Gasteiger partial charge in [-0.1, -0.05) is 37.2 Å². The van der Waals surface area contributed by atoms with E-state index in [0.29, 0.717) is 13.2 Å². The number of nitrogens with zero attached hydrogens (tertiary/aromatic N) is 2. The number of para-hydroxylation sites is 1. The monoisotopic (exact) mass is 486 g/mol. The molecule has 1 aromatic heterocycles. The van der Waals surface area contributed by atoms with Crippen LogP contribution in [0.25, 0.3) is 0 Å². The van der Waals surface area contributed by atoms with Gasteiger partial charge in [0.2, 0.25) is 0 Å². The van der Waals surface area contributed by atoms with E-state index in [9.17, 15) is 0 Å². The molecule has 1 heterocycles. The molecule has 2 rings (SSSR count). The molecule has 0 unspecified atom stereocenters. The van der Waals surface area contributed by atoms with E-state index in [4.69, 9.17) is 9.26 Å². The van der Waals surface area contributed by atoms with Crippen LogP contribution >= 0.6 is 24.0 Å². The summed E-state index contributed by atoms with van der Waals surface area (Å²) in [6, 6.07) is 8.14. The van der Waals surface area contributed by atoms with Crippen LogP contribution < -0.4 is 15.4 Å². The summed E-state index contributed by atoms with van der Waals surface area (Å²) in [6.07, 6.45) is 2.57. The van der Waals surface area contributed by atoms with Gasteiger partial charge >= 0.3 is 0 Å². The predicted octanol–water partition coefficient (Wildman–Crippen LogP) is 3.72. The molecular formula is C20H31IN4O2. The number of rotatable bonds is 9. The lowest BCUT2D eigenvalue weighted by molar-refractivity contribution is 0.336. The summed E-state index contributed by atoms with van der Waals surface area (Å²) in [5.41, 5.74) is 3.34. The number of aromatic nitrogens is 1. The number of guanidine groups is 1. The average molecular weight is 486 g/mol. The minimum absolute atomic E-state index is 0. The van der Waals surface area contributed by atoms with Gasteiger partial charge in [0.25, 0.3) is 0 Å². The molecule has 0 atom stereocenters. The van der Waals surface area contributed by atoms with Gasteiger partial charge in [0.05, 0.1) is 12.3 Å². The maximum absolute atomic E-state index is 5.68. The van der Waals surface area contributed by atoms with Crippen molar-refractivity contribution in [3.8, 4) is 5.75 Å². The van der Waals surface area contributed by atoms with Gasteiger partial charge in [0.1, 0.15) is 11.5 Å². The van der Waals surface area contributed by atoms with E-state index < -0.39 is 0 Å². The van der Waals surface area contributed by atoms with Crippen LogP contribution in [0.2, 0.25) is 0 Å². The first-order valence-corrected chi connectivity index (χ1v) is 9.34. The number of hydrogen-bond donors (Lipinski definition) is 2. The first-order valence-electron chi connectivity index (χ1n) is 9.34. The highest BCUT2D eigenvalue weighted by Crippen LogP contribution is 2.18. The fourth-order valence-electron chi connectivity index (χ4n) is 2.85. The second-order valence-electron chi connectivity index (χ2n) is 5.88. The highest BCUT2D eigenvalue weighted by Gasteiger charge is 2.13. The summed E-state index contributed by atoms with van der Waals surface area (Å²) in [6.45, 7) is 8.27. The Morgan fingerprint density at radius 3 is 2.59 bits per heavy atom. The lowest BCUT2D eigenvalue weighted by Crippen LogP contribution is -2.38. The average Bonchev–Trinajstić information content (AvgIpc) is 3.08. The van der Waals surface area contributed by atoms with Gasteiger partial charge in [-0.3, -0.25) is 4.99 Å². The van der Waals surface area contributed by atoms with E-state index in [0.717, 1.165) is 54.5 Å². The third-order valence-corrected chi connectivity index (χ3v) is 4.22. The van der Waals surface area contributed by atoms with Gasteiger partial charge in [0, 0.05) is 32.1 Å². The minimum Gasteiger partial charge on any atom is -0.494 e. The number of aliphatic imine (C=N–C) groups is 1. The van der Waals surface area contributed by atoms with Crippen molar-refractivity contribution < 1.29 is 9.26 Å². The zero-order valence-electron chi connectivity index (χ0n) is 16.7. The molecule has 150 valence electrons. The quantitative estimate of drug-likeness (QED) is 0.321. The van der Waals surface area contributed by atoms with Crippen molar-refractivity contribution in [3.63, 3.8) is 0 Å². The fourth-order valence-corrected chi connectivity index (χ4v) is 2.85. The maximum Gasteiger partial charge on any atom is 0.191 e. The molecule has 7 heteroatoms. The summed E-state index contributed by atoms with van der Waals surface area (Å²) in [4.78, 5) is 4.30. The Morgan fingerprint density at radius 1 is 1.15 bits per heavy atom. The van der Waals surface area contributed by atoms with Gasteiger partial charge in [-0.15, -0.1) is 24.0 Å². The van der Waals surface area contributed by atoms with E-state index in [1.54, 1.807) is 7.05 Å². The van der Waals surface area contributed by atoms with Gasteiger partial charge in [-0.2, -0.15) is 0 Å². The van der Waals surface area contributed by atoms with E-state index in [1.807, 2.05) is 25.1 Å². The van der Waals surface area contributed by atoms with Crippen molar-refractivity contribution >= 4 is 29.9 Å². The summed E-state index contributed by atoms with van der Waals surface area (Å²) in [7, 11) is 1.78. The van der Waals surface area contributed by atoms with Crippen molar-refractivity contribution in [3.05, 3.63) is 46.8 Å². The van der Waals surface area contributed by atoms with Crippen molar-refractivity contribution in [2.24, 2.45) is 4.99 Å². The van der Waals surface area contributed by atoms with E-state index >= 15 is 0 Å². The topological polar surface area (TPSA) is 71.7 Å². The Kier molecular flexibility index (Phi) is 10.8. The normalized spacial score (nSPS) is 11.0. The predicted molar refractivity (Wildman–Crippen MR) is 120 cm³/mol. The Bertz CT molecular complexity index is 694. The maximum atomic E-state index is 5.68. The van der Waals surface area contributed by atoms with Crippen LogP contribution in [0.5, 0.6) is 5.75 Å². The number of hydrogen-bond acceptors (Lipinski definition) is 4. The van der Waals surface area contributed by atoms with Crippen molar-refractivity contribution in [2.45, 2.75) is 46.6 Å². The van der Waals surface area contributed by atoms with Gasteiger partial charge in [-0.25, -0.2) is 0 Å². The number of aryl methyl sites for hydroxylation is 2. The molecule has 0 fully saturated rings. The third kappa shape index (κ3) is 6.71. The molecule has 0 spiro atoms. The summed E-state index contributed by atoms with van der Waals surface area (Å²) < 4.78 is 11.1. The van der Waals surface area contributed by atoms with Gasteiger partial charge in [-0.05, 0) is 31.4 Å². The van der Waals surface area contributed by atoms with Crippen LogP contribution in [-0.4, -0.2) is 31.3 Å².